The second-order valence-corrected chi connectivity index (χ2v) is 8.34. The van der Waals surface area contributed by atoms with Crippen LogP contribution in [0.15, 0.2) is 58.4 Å². The van der Waals surface area contributed by atoms with Gasteiger partial charge in [-0.1, -0.05) is 42.5 Å². The van der Waals surface area contributed by atoms with Gasteiger partial charge in [0.25, 0.3) is 5.56 Å². The van der Waals surface area contributed by atoms with Crippen LogP contribution in [0.3, 0.4) is 0 Å². The zero-order valence-corrected chi connectivity index (χ0v) is 15.3. The van der Waals surface area contributed by atoms with Crippen molar-refractivity contribution in [2.24, 2.45) is 0 Å². The van der Waals surface area contributed by atoms with Gasteiger partial charge in [0, 0.05) is 11.8 Å². The van der Waals surface area contributed by atoms with E-state index in [1.54, 1.807) is 11.8 Å². The summed E-state index contributed by atoms with van der Waals surface area (Å²) in [5, 5.41) is 13.2. The largest absolute Gasteiger partial charge is 0.394 e. The highest BCUT2D eigenvalue weighted by Crippen LogP contribution is 2.48. The first-order chi connectivity index (χ1) is 12.8. The van der Waals surface area contributed by atoms with E-state index in [1.165, 1.54) is 40.3 Å². The number of aromatic nitrogens is 1. The number of hydrogen-bond acceptors (Lipinski definition) is 3. The van der Waals surface area contributed by atoms with Crippen LogP contribution in [0.25, 0.3) is 10.8 Å². The van der Waals surface area contributed by atoms with Gasteiger partial charge in [-0.15, -0.1) is 11.8 Å². The molecule has 2 aromatic carbocycles. The molecule has 1 aliphatic heterocycles. The highest BCUT2D eigenvalue weighted by molar-refractivity contribution is 7.99. The van der Waals surface area contributed by atoms with Crippen molar-refractivity contribution in [2.75, 3.05) is 12.4 Å². The summed E-state index contributed by atoms with van der Waals surface area (Å²) in [6.07, 6.45) is 3.21. The first-order valence-electron chi connectivity index (χ1n) is 9.25. The Morgan fingerprint density at radius 3 is 2.69 bits per heavy atom. The molecule has 0 bridgehead atoms. The second-order valence-electron chi connectivity index (χ2n) is 7.33. The molecule has 1 aliphatic carbocycles. The summed E-state index contributed by atoms with van der Waals surface area (Å²) in [5.74, 6) is 1.37. The lowest BCUT2D eigenvalue weighted by molar-refractivity contribution is 0.236. The molecular formula is C22H21NO2S. The van der Waals surface area contributed by atoms with E-state index < -0.39 is 0 Å². The Morgan fingerprint density at radius 1 is 1.08 bits per heavy atom. The Labute approximate surface area is 156 Å². The standard InChI is InChI=1S/C22H21NO2S/c24-12-18-13-26-22-21(15-8-9-15)17(11-20(25)23(18)22)10-16-6-3-5-14-4-1-2-7-19(14)16/h1-7,11,15,18,24H,8-10,12-13H2/t18-/m1/s1. The zero-order valence-electron chi connectivity index (χ0n) is 14.5. The number of nitrogens with zero attached hydrogens (tertiary/aromatic N) is 1. The first kappa shape index (κ1) is 16.2. The van der Waals surface area contributed by atoms with Gasteiger partial charge in [0.15, 0.2) is 0 Å². The van der Waals surface area contributed by atoms with E-state index in [-0.39, 0.29) is 18.2 Å². The van der Waals surface area contributed by atoms with Crippen molar-refractivity contribution in [3.05, 3.63) is 75.6 Å². The molecule has 1 aromatic heterocycles. The molecule has 1 atom stereocenters. The fourth-order valence-electron chi connectivity index (χ4n) is 4.15. The smallest absolute Gasteiger partial charge is 0.252 e. The van der Waals surface area contributed by atoms with Crippen LogP contribution in [0.2, 0.25) is 0 Å². The number of pyridine rings is 1. The van der Waals surface area contributed by atoms with E-state index in [0.29, 0.717) is 5.92 Å². The SMILES string of the molecule is O=c1cc(Cc2cccc3ccccc23)c(C2CC2)c2n1[C@H](CO)CS2. The van der Waals surface area contributed by atoms with E-state index in [9.17, 15) is 9.90 Å². The maximum atomic E-state index is 12.8. The first-order valence-corrected chi connectivity index (χ1v) is 10.2. The maximum Gasteiger partial charge on any atom is 0.252 e. The molecule has 0 radical (unpaired) electrons. The Morgan fingerprint density at radius 2 is 1.88 bits per heavy atom. The number of aliphatic hydroxyl groups excluding tert-OH is 1. The molecule has 132 valence electrons. The summed E-state index contributed by atoms with van der Waals surface area (Å²) < 4.78 is 1.84. The van der Waals surface area contributed by atoms with Gasteiger partial charge in [0.2, 0.25) is 0 Å². The summed E-state index contributed by atoms with van der Waals surface area (Å²) in [7, 11) is 0. The molecule has 0 spiro atoms. The Kier molecular flexibility index (Phi) is 3.91. The van der Waals surface area contributed by atoms with Crippen molar-refractivity contribution in [3.63, 3.8) is 0 Å². The van der Waals surface area contributed by atoms with Crippen molar-refractivity contribution in [1.29, 1.82) is 0 Å². The van der Waals surface area contributed by atoms with Crippen LogP contribution in [0, 0.1) is 0 Å². The van der Waals surface area contributed by atoms with Gasteiger partial charge in [-0.25, -0.2) is 0 Å². The van der Waals surface area contributed by atoms with Crippen LogP contribution in [0.1, 0.15) is 41.5 Å². The number of hydrogen-bond donors (Lipinski definition) is 1. The summed E-state index contributed by atoms with van der Waals surface area (Å²) in [5.41, 5.74) is 3.84. The van der Waals surface area contributed by atoms with Gasteiger partial charge in [-0.2, -0.15) is 0 Å². The predicted molar refractivity (Wildman–Crippen MR) is 106 cm³/mol. The molecule has 26 heavy (non-hydrogen) atoms. The van der Waals surface area contributed by atoms with Crippen molar-refractivity contribution < 1.29 is 5.11 Å². The van der Waals surface area contributed by atoms with E-state index in [2.05, 4.69) is 42.5 Å². The molecule has 5 rings (SSSR count). The number of benzene rings is 2. The Balaban J connectivity index is 1.66. The lowest BCUT2D eigenvalue weighted by Gasteiger charge is -2.17. The van der Waals surface area contributed by atoms with Crippen molar-refractivity contribution in [2.45, 2.75) is 36.2 Å². The summed E-state index contributed by atoms with van der Waals surface area (Å²) in [6, 6.07) is 16.6. The van der Waals surface area contributed by atoms with E-state index in [1.807, 2.05) is 10.6 Å². The molecule has 4 heteroatoms. The molecule has 1 saturated carbocycles. The number of rotatable bonds is 4. The highest BCUT2D eigenvalue weighted by Gasteiger charge is 2.35. The van der Waals surface area contributed by atoms with Gasteiger partial charge >= 0.3 is 0 Å². The molecule has 3 aromatic rings. The van der Waals surface area contributed by atoms with Gasteiger partial charge in [-0.3, -0.25) is 9.36 Å². The van der Waals surface area contributed by atoms with Gasteiger partial charge in [0.1, 0.15) is 0 Å². The maximum absolute atomic E-state index is 12.8. The minimum Gasteiger partial charge on any atom is -0.394 e. The fourth-order valence-corrected chi connectivity index (χ4v) is 5.58. The van der Waals surface area contributed by atoms with Crippen LogP contribution in [-0.4, -0.2) is 22.0 Å². The van der Waals surface area contributed by atoms with Crippen molar-refractivity contribution in [1.82, 2.24) is 4.57 Å². The lowest BCUT2D eigenvalue weighted by Crippen LogP contribution is -2.26. The van der Waals surface area contributed by atoms with Crippen LogP contribution >= 0.6 is 11.8 Å². The van der Waals surface area contributed by atoms with Crippen LogP contribution in [0.4, 0.5) is 0 Å². The third-order valence-corrected chi connectivity index (χ3v) is 6.81. The molecule has 2 aliphatic rings. The van der Waals surface area contributed by atoms with E-state index in [0.717, 1.165) is 17.2 Å². The fraction of sp³-hybridized carbons (Fsp3) is 0.318. The van der Waals surface area contributed by atoms with Gasteiger partial charge in [-0.05, 0) is 52.6 Å². The second kappa shape index (κ2) is 6.29. The number of thioether (sulfide) groups is 1. The van der Waals surface area contributed by atoms with E-state index in [4.69, 9.17) is 0 Å². The van der Waals surface area contributed by atoms with E-state index >= 15 is 0 Å². The van der Waals surface area contributed by atoms with Gasteiger partial charge < -0.3 is 5.11 Å². The molecule has 1 fully saturated rings. The van der Waals surface area contributed by atoms with Crippen LogP contribution in [-0.2, 0) is 6.42 Å². The zero-order chi connectivity index (χ0) is 17.7. The lowest BCUT2D eigenvalue weighted by atomic mass is 9.95. The summed E-state index contributed by atoms with van der Waals surface area (Å²) >= 11 is 1.74. The average Bonchev–Trinajstić information content (AvgIpc) is 3.40. The van der Waals surface area contributed by atoms with Gasteiger partial charge in [0.05, 0.1) is 17.7 Å². The highest BCUT2D eigenvalue weighted by atomic mass is 32.2. The predicted octanol–water partition coefficient (Wildman–Crippen LogP) is 4.11. The molecular weight excluding hydrogens is 342 g/mol. The topological polar surface area (TPSA) is 42.2 Å². The van der Waals surface area contributed by atoms with Crippen molar-refractivity contribution >= 4 is 22.5 Å². The average molecular weight is 363 g/mol. The number of fused-ring (bicyclic) bond motifs is 2. The third kappa shape index (κ3) is 2.60. The Bertz CT molecular complexity index is 1050. The quantitative estimate of drug-likeness (QED) is 0.758. The number of aliphatic hydroxyl groups is 1. The molecule has 2 heterocycles. The van der Waals surface area contributed by atoms with Crippen LogP contribution in [0.5, 0.6) is 0 Å². The monoisotopic (exact) mass is 363 g/mol. The molecule has 3 nitrogen and oxygen atoms in total. The van der Waals surface area contributed by atoms with Crippen molar-refractivity contribution in [3.8, 4) is 0 Å². The molecule has 1 N–H and O–H groups in total. The normalized spacial score (nSPS) is 19.0. The summed E-state index contributed by atoms with van der Waals surface area (Å²) in [6.45, 7) is 0.0344. The molecule has 0 amide bonds. The third-order valence-electron chi connectivity index (χ3n) is 5.57. The minimum absolute atomic E-state index is 0.0312. The Hall–Kier alpha value is -2.04. The minimum atomic E-state index is -0.0772. The molecule has 0 saturated heterocycles. The van der Waals surface area contributed by atoms with Crippen LogP contribution < -0.4 is 5.56 Å². The molecule has 0 unspecified atom stereocenters. The summed E-state index contributed by atoms with van der Waals surface area (Å²) in [4.78, 5) is 12.8.